The Hall–Kier alpha value is -0.680. The molecule has 0 saturated carbocycles. The Morgan fingerprint density at radius 2 is 1.82 bits per heavy atom. The zero-order valence-electron chi connectivity index (χ0n) is 10.7. The first kappa shape index (κ1) is 14.4. The Morgan fingerprint density at radius 1 is 1.29 bits per heavy atom. The molecule has 0 saturated heterocycles. The van der Waals surface area contributed by atoms with Crippen molar-refractivity contribution in [3.63, 3.8) is 0 Å². The third-order valence-corrected chi connectivity index (χ3v) is 4.18. The summed E-state index contributed by atoms with van der Waals surface area (Å²) in [5.41, 5.74) is 0.543. The molecule has 0 radical (unpaired) electrons. The molecule has 0 bridgehead atoms. The quantitative estimate of drug-likeness (QED) is 0.779. The highest BCUT2D eigenvalue weighted by Crippen LogP contribution is 2.25. The van der Waals surface area contributed by atoms with E-state index in [1.54, 1.807) is 13.0 Å². The number of hydrogen-bond acceptors (Lipinski definition) is 4. The maximum absolute atomic E-state index is 11.5. The summed E-state index contributed by atoms with van der Waals surface area (Å²) in [6, 6.07) is 1.67. The van der Waals surface area contributed by atoms with Gasteiger partial charge in [0.05, 0.1) is 5.69 Å². The van der Waals surface area contributed by atoms with Gasteiger partial charge in [0.2, 0.25) is 0 Å². The van der Waals surface area contributed by atoms with E-state index in [1.165, 1.54) is 6.26 Å². The van der Waals surface area contributed by atoms with Crippen molar-refractivity contribution in [3.8, 4) is 0 Å². The molecule has 0 aromatic carbocycles. The first-order chi connectivity index (χ1) is 7.51. The second kappa shape index (κ2) is 4.53. The van der Waals surface area contributed by atoms with Crippen LogP contribution >= 0.6 is 11.6 Å². The lowest BCUT2D eigenvalue weighted by molar-refractivity contribution is 0.557. The van der Waals surface area contributed by atoms with Gasteiger partial charge in [-0.1, -0.05) is 32.4 Å². The lowest BCUT2D eigenvalue weighted by Gasteiger charge is -2.19. The summed E-state index contributed by atoms with van der Waals surface area (Å²) in [5.74, 6) is 0.255. The van der Waals surface area contributed by atoms with Gasteiger partial charge in [0.1, 0.15) is 16.2 Å². The van der Waals surface area contributed by atoms with Crippen molar-refractivity contribution in [2.75, 3.05) is 6.26 Å². The third-order valence-electron chi connectivity index (χ3n) is 2.49. The molecule has 0 aliphatic heterocycles. The molecule has 0 spiro atoms. The summed E-state index contributed by atoms with van der Waals surface area (Å²) in [6.45, 7) is 7.52. The molecule has 17 heavy (non-hydrogen) atoms. The molecule has 4 nitrogen and oxygen atoms in total. The van der Waals surface area contributed by atoms with Crippen LogP contribution in [0.3, 0.4) is 0 Å². The van der Waals surface area contributed by atoms with E-state index < -0.39 is 15.1 Å². The molecule has 1 rings (SSSR count). The standard InChI is InChI=1S/C11H17ClN2O2S/c1-7(17(5,15)16)10-13-8(11(2,3)4)6-9(12)14-10/h6-7H,1-5H3. The average Bonchev–Trinajstić information content (AvgIpc) is 2.12. The zero-order valence-corrected chi connectivity index (χ0v) is 12.2. The smallest absolute Gasteiger partial charge is 0.157 e. The zero-order chi connectivity index (χ0) is 13.4. The number of rotatable bonds is 2. The Bertz CT molecular complexity index is 521. The van der Waals surface area contributed by atoms with E-state index >= 15 is 0 Å². The summed E-state index contributed by atoms with van der Waals surface area (Å²) >= 11 is 5.90. The van der Waals surface area contributed by atoms with Gasteiger partial charge in [0.15, 0.2) is 9.84 Å². The first-order valence-electron chi connectivity index (χ1n) is 5.25. The Labute approximate surface area is 107 Å². The van der Waals surface area contributed by atoms with Crippen molar-refractivity contribution >= 4 is 21.4 Å². The van der Waals surface area contributed by atoms with Crippen LogP contribution in [0.25, 0.3) is 0 Å². The van der Waals surface area contributed by atoms with Gasteiger partial charge in [0.25, 0.3) is 0 Å². The largest absolute Gasteiger partial charge is 0.236 e. The van der Waals surface area contributed by atoms with Crippen LogP contribution in [0.5, 0.6) is 0 Å². The van der Waals surface area contributed by atoms with E-state index in [-0.39, 0.29) is 16.4 Å². The van der Waals surface area contributed by atoms with Crippen LogP contribution in [0, 0.1) is 0 Å². The molecule has 1 heterocycles. The van der Waals surface area contributed by atoms with Crippen molar-refractivity contribution in [1.29, 1.82) is 0 Å². The Morgan fingerprint density at radius 3 is 2.24 bits per heavy atom. The Balaban J connectivity index is 3.33. The van der Waals surface area contributed by atoms with E-state index in [9.17, 15) is 8.42 Å². The van der Waals surface area contributed by atoms with Crippen LogP contribution < -0.4 is 0 Å². The maximum atomic E-state index is 11.5. The van der Waals surface area contributed by atoms with Gasteiger partial charge in [0, 0.05) is 11.7 Å². The number of sulfone groups is 1. The topological polar surface area (TPSA) is 59.9 Å². The number of hydrogen-bond donors (Lipinski definition) is 0. The summed E-state index contributed by atoms with van der Waals surface area (Å²) in [7, 11) is -3.22. The molecule has 6 heteroatoms. The number of aromatic nitrogens is 2. The molecule has 0 amide bonds. The molecular formula is C11H17ClN2O2S. The molecule has 0 aliphatic rings. The van der Waals surface area contributed by atoms with Crippen LogP contribution in [0.2, 0.25) is 5.15 Å². The van der Waals surface area contributed by atoms with E-state index in [2.05, 4.69) is 9.97 Å². The third kappa shape index (κ3) is 3.64. The fraction of sp³-hybridized carbons (Fsp3) is 0.636. The molecule has 1 aromatic rings. The van der Waals surface area contributed by atoms with Gasteiger partial charge in [-0.2, -0.15) is 0 Å². The monoisotopic (exact) mass is 276 g/mol. The summed E-state index contributed by atoms with van der Waals surface area (Å²) in [5, 5.41) is -0.474. The minimum atomic E-state index is -3.22. The number of nitrogens with zero attached hydrogens (tertiary/aromatic N) is 2. The fourth-order valence-electron chi connectivity index (χ4n) is 1.19. The average molecular weight is 277 g/mol. The van der Waals surface area contributed by atoms with Crippen LogP contribution in [0.4, 0.5) is 0 Å². The second-order valence-electron chi connectivity index (χ2n) is 5.16. The minimum absolute atomic E-state index is 0.196. The van der Waals surface area contributed by atoms with Gasteiger partial charge in [-0.05, 0) is 13.0 Å². The highest BCUT2D eigenvalue weighted by atomic mass is 35.5. The van der Waals surface area contributed by atoms with Crippen LogP contribution in [-0.2, 0) is 15.3 Å². The van der Waals surface area contributed by atoms with Crippen molar-refractivity contribution < 1.29 is 8.42 Å². The lowest BCUT2D eigenvalue weighted by atomic mass is 9.92. The molecule has 0 N–H and O–H groups in total. The van der Waals surface area contributed by atoms with Crippen molar-refractivity contribution in [2.45, 2.75) is 38.4 Å². The van der Waals surface area contributed by atoms with Gasteiger partial charge in [-0.25, -0.2) is 18.4 Å². The van der Waals surface area contributed by atoms with Crippen LogP contribution in [0.1, 0.15) is 44.5 Å². The van der Waals surface area contributed by atoms with Crippen molar-refractivity contribution in [1.82, 2.24) is 9.97 Å². The van der Waals surface area contributed by atoms with E-state index in [0.717, 1.165) is 5.69 Å². The highest BCUT2D eigenvalue weighted by Gasteiger charge is 2.24. The normalized spacial score (nSPS) is 14.7. The molecule has 0 aliphatic carbocycles. The lowest BCUT2D eigenvalue weighted by Crippen LogP contribution is -2.18. The fourth-order valence-corrected chi connectivity index (χ4v) is 1.87. The second-order valence-corrected chi connectivity index (χ2v) is 7.91. The van der Waals surface area contributed by atoms with Gasteiger partial charge >= 0.3 is 0 Å². The first-order valence-corrected chi connectivity index (χ1v) is 7.59. The molecule has 0 fully saturated rings. The summed E-state index contributed by atoms with van der Waals surface area (Å²) < 4.78 is 23.0. The van der Waals surface area contributed by atoms with Crippen molar-refractivity contribution in [3.05, 3.63) is 22.7 Å². The van der Waals surface area contributed by atoms with Crippen molar-refractivity contribution in [2.24, 2.45) is 0 Å². The summed E-state index contributed by atoms with van der Waals surface area (Å²) in [4.78, 5) is 8.29. The minimum Gasteiger partial charge on any atom is -0.236 e. The van der Waals surface area contributed by atoms with Crippen LogP contribution in [-0.4, -0.2) is 24.6 Å². The van der Waals surface area contributed by atoms with Crippen LogP contribution in [0.15, 0.2) is 6.07 Å². The van der Waals surface area contributed by atoms with Gasteiger partial charge in [-0.3, -0.25) is 0 Å². The summed E-state index contributed by atoms with van der Waals surface area (Å²) in [6.07, 6.45) is 1.17. The molecule has 1 unspecified atom stereocenters. The molecule has 1 atom stereocenters. The number of halogens is 1. The Kier molecular flexibility index (Phi) is 3.84. The van der Waals surface area contributed by atoms with E-state index in [1.807, 2.05) is 20.8 Å². The predicted octanol–water partition coefficient (Wildman–Crippen LogP) is 2.53. The SMILES string of the molecule is CC(c1nc(Cl)cc(C(C)(C)C)n1)S(C)(=O)=O. The molecule has 96 valence electrons. The van der Waals surface area contributed by atoms with E-state index in [0.29, 0.717) is 0 Å². The predicted molar refractivity (Wildman–Crippen MR) is 69.0 cm³/mol. The molecule has 1 aromatic heterocycles. The maximum Gasteiger partial charge on any atom is 0.157 e. The van der Waals surface area contributed by atoms with Gasteiger partial charge in [-0.15, -0.1) is 0 Å². The highest BCUT2D eigenvalue weighted by molar-refractivity contribution is 7.90. The van der Waals surface area contributed by atoms with E-state index in [4.69, 9.17) is 11.6 Å². The molecular weight excluding hydrogens is 260 g/mol. The van der Waals surface area contributed by atoms with Gasteiger partial charge < -0.3 is 0 Å².